The first-order chi connectivity index (χ1) is 15.6. The number of aromatic nitrogens is 1. The van der Waals surface area contributed by atoms with E-state index in [-0.39, 0.29) is 17.2 Å². The molecule has 3 aromatic carbocycles. The summed E-state index contributed by atoms with van der Waals surface area (Å²) in [5.74, 6) is -0.827. The minimum atomic E-state index is -0.565. The Morgan fingerprint density at radius 2 is 1.78 bits per heavy atom. The van der Waals surface area contributed by atoms with Gasteiger partial charge in [0.05, 0.1) is 21.5 Å². The highest BCUT2D eigenvalue weighted by molar-refractivity contribution is 8.01. The molecule has 1 aromatic heterocycles. The van der Waals surface area contributed by atoms with Crippen LogP contribution in [0.2, 0.25) is 0 Å². The molecule has 0 aliphatic carbocycles. The van der Waals surface area contributed by atoms with Gasteiger partial charge in [-0.15, -0.1) is 11.3 Å². The first-order valence-electron chi connectivity index (χ1n) is 9.98. The summed E-state index contributed by atoms with van der Waals surface area (Å²) < 4.78 is 15.5. The Morgan fingerprint density at radius 3 is 2.59 bits per heavy atom. The van der Waals surface area contributed by atoms with Crippen molar-refractivity contribution < 1.29 is 14.0 Å². The van der Waals surface area contributed by atoms with Gasteiger partial charge in [-0.1, -0.05) is 54.2 Å². The number of thiazole rings is 1. The first-order valence-corrected chi connectivity index (χ1v) is 11.8. The fourth-order valence-corrected chi connectivity index (χ4v) is 4.99. The van der Waals surface area contributed by atoms with E-state index in [9.17, 15) is 14.0 Å². The van der Waals surface area contributed by atoms with Gasteiger partial charge in [0.25, 0.3) is 5.91 Å². The lowest BCUT2D eigenvalue weighted by atomic mass is 10.1. The predicted molar refractivity (Wildman–Crippen MR) is 128 cm³/mol. The van der Waals surface area contributed by atoms with E-state index in [1.165, 1.54) is 46.9 Å². The van der Waals surface area contributed by atoms with Crippen molar-refractivity contribution in [3.05, 3.63) is 89.7 Å². The molecule has 0 radical (unpaired) electrons. The molecular formula is C24H20FN3O2S2. The Morgan fingerprint density at radius 1 is 1.00 bits per heavy atom. The largest absolute Gasteiger partial charge is 0.355 e. The molecule has 1 heterocycles. The molecule has 2 N–H and O–H groups in total. The Balaban J connectivity index is 1.31. The molecule has 0 fully saturated rings. The molecule has 8 heteroatoms. The van der Waals surface area contributed by atoms with E-state index in [0.29, 0.717) is 12.2 Å². The fraction of sp³-hybridized carbons (Fsp3) is 0.125. The normalized spacial score (nSPS) is 10.8. The van der Waals surface area contributed by atoms with Gasteiger partial charge >= 0.3 is 0 Å². The number of halogens is 1. The van der Waals surface area contributed by atoms with Gasteiger partial charge in [0.2, 0.25) is 5.91 Å². The van der Waals surface area contributed by atoms with E-state index in [0.717, 1.165) is 21.0 Å². The van der Waals surface area contributed by atoms with Crippen LogP contribution in [0.25, 0.3) is 10.2 Å². The molecule has 2 amide bonds. The zero-order valence-corrected chi connectivity index (χ0v) is 18.6. The third-order valence-electron chi connectivity index (χ3n) is 4.65. The van der Waals surface area contributed by atoms with Crippen LogP contribution in [0.5, 0.6) is 0 Å². The number of nitrogens with zero attached hydrogens (tertiary/aromatic N) is 1. The molecule has 0 unspecified atom stereocenters. The highest BCUT2D eigenvalue weighted by atomic mass is 32.2. The number of benzene rings is 3. The van der Waals surface area contributed by atoms with Gasteiger partial charge in [0.1, 0.15) is 5.82 Å². The van der Waals surface area contributed by atoms with Crippen molar-refractivity contribution >= 4 is 50.8 Å². The molecule has 0 aliphatic heterocycles. The number of nitrogens with one attached hydrogen (secondary N) is 2. The number of anilines is 1. The second kappa shape index (κ2) is 10.4. The standard InChI is InChI=1S/C24H20FN3O2S2/c25-19-9-5-4-8-18(19)23(30)27-17-10-11-20-21(14-17)32-24(28-20)31-15-22(29)26-13-12-16-6-2-1-3-7-16/h1-11,14H,12-13,15H2,(H,26,29)(H,27,30). The number of fused-ring (bicyclic) bond motifs is 1. The predicted octanol–water partition coefficient (Wildman–Crippen LogP) is 5.14. The molecule has 4 aromatic rings. The van der Waals surface area contributed by atoms with Gasteiger partial charge in [-0.05, 0) is 42.3 Å². The number of hydrogen-bond acceptors (Lipinski definition) is 5. The monoisotopic (exact) mass is 465 g/mol. The van der Waals surface area contributed by atoms with Crippen molar-refractivity contribution in [1.29, 1.82) is 0 Å². The summed E-state index contributed by atoms with van der Waals surface area (Å²) in [7, 11) is 0. The average Bonchev–Trinajstić information content (AvgIpc) is 3.21. The zero-order chi connectivity index (χ0) is 22.3. The molecule has 0 aliphatic rings. The molecule has 162 valence electrons. The molecule has 0 saturated carbocycles. The second-order valence-electron chi connectivity index (χ2n) is 6.97. The van der Waals surface area contributed by atoms with E-state index in [2.05, 4.69) is 15.6 Å². The summed E-state index contributed by atoms with van der Waals surface area (Å²) in [4.78, 5) is 29.0. The van der Waals surface area contributed by atoms with Crippen molar-refractivity contribution in [3.8, 4) is 0 Å². The lowest BCUT2D eigenvalue weighted by Crippen LogP contribution is -2.27. The molecule has 0 atom stereocenters. The lowest BCUT2D eigenvalue weighted by molar-refractivity contribution is -0.118. The molecule has 4 rings (SSSR count). The topological polar surface area (TPSA) is 71.1 Å². The van der Waals surface area contributed by atoms with Crippen molar-refractivity contribution in [2.45, 2.75) is 10.8 Å². The maximum absolute atomic E-state index is 13.8. The third kappa shape index (κ3) is 5.72. The van der Waals surface area contributed by atoms with E-state index in [4.69, 9.17) is 0 Å². The van der Waals surface area contributed by atoms with Crippen molar-refractivity contribution in [1.82, 2.24) is 10.3 Å². The fourth-order valence-electron chi connectivity index (χ4n) is 3.06. The van der Waals surface area contributed by atoms with Crippen molar-refractivity contribution in [2.75, 3.05) is 17.6 Å². The first kappa shape index (κ1) is 22.0. The number of rotatable bonds is 8. The van der Waals surface area contributed by atoms with Crippen LogP contribution in [-0.2, 0) is 11.2 Å². The molecule has 0 bridgehead atoms. The molecule has 5 nitrogen and oxygen atoms in total. The van der Waals surface area contributed by atoms with Crippen LogP contribution in [0.4, 0.5) is 10.1 Å². The quantitative estimate of drug-likeness (QED) is 0.354. The Kier molecular flexibility index (Phi) is 7.14. The number of carbonyl (C=O) groups is 2. The van der Waals surface area contributed by atoms with Gasteiger partial charge in [-0.25, -0.2) is 9.37 Å². The number of thioether (sulfide) groups is 1. The summed E-state index contributed by atoms with van der Waals surface area (Å²) in [5, 5.41) is 5.64. The minimum absolute atomic E-state index is 0.00794. The Hall–Kier alpha value is -3.23. The summed E-state index contributed by atoms with van der Waals surface area (Å²) in [6.45, 7) is 0.592. The average molecular weight is 466 g/mol. The van der Waals surface area contributed by atoms with Crippen LogP contribution in [-0.4, -0.2) is 29.1 Å². The second-order valence-corrected chi connectivity index (χ2v) is 9.22. The van der Waals surface area contributed by atoms with Crippen LogP contribution >= 0.6 is 23.1 Å². The zero-order valence-electron chi connectivity index (χ0n) is 17.0. The molecular weight excluding hydrogens is 445 g/mol. The van der Waals surface area contributed by atoms with Crippen LogP contribution in [0.15, 0.2) is 77.1 Å². The van der Waals surface area contributed by atoms with Crippen molar-refractivity contribution in [2.24, 2.45) is 0 Å². The van der Waals surface area contributed by atoms with Crippen molar-refractivity contribution in [3.63, 3.8) is 0 Å². The highest BCUT2D eigenvalue weighted by Crippen LogP contribution is 2.31. The lowest BCUT2D eigenvalue weighted by Gasteiger charge is -2.05. The van der Waals surface area contributed by atoms with Gasteiger partial charge in [0.15, 0.2) is 4.34 Å². The molecule has 32 heavy (non-hydrogen) atoms. The summed E-state index contributed by atoms with van der Waals surface area (Å²) >= 11 is 2.82. The minimum Gasteiger partial charge on any atom is -0.355 e. The van der Waals surface area contributed by atoms with E-state index >= 15 is 0 Å². The molecule has 0 spiro atoms. The smallest absolute Gasteiger partial charge is 0.258 e. The van der Waals surface area contributed by atoms with Gasteiger partial charge < -0.3 is 10.6 Å². The summed E-state index contributed by atoms with van der Waals surface area (Å²) in [5.41, 5.74) is 2.52. The SMILES string of the molecule is O=C(CSc1nc2ccc(NC(=O)c3ccccc3F)cc2s1)NCCc1ccccc1. The maximum Gasteiger partial charge on any atom is 0.258 e. The van der Waals surface area contributed by atoms with Gasteiger partial charge in [0, 0.05) is 12.2 Å². The third-order valence-corrected chi connectivity index (χ3v) is 6.81. The summed E-state index contributed by atoms with van der Waals surface area (Å²) in [6.07, 6.45) is 0.791. The van der Waals surface area contributed by atoms with Crippen LogP contribution < -0.4 is 10.6 Å². The number of hydrogen-bond donors (Lipinski definition) is 2. The van der Waals surface area contributed by atoms with Crippen LogP contribution in [0.1, 0.15) is 15.9 Å². The number of amides is 2. The van der Waals surface area contributed by atoms with Gasteiger partial charge in [-0.2, -0.15) is 0 Å². The molecule has 0 saturated heterocycles. The van der Waals surface area contributed by atoms with Crippen LogP contribution in [0.3, 0.4) is 0 Å². The van der Waals surface area contributed by atoms with E-state index in [1.807, 2.05) is 30.3 Å². The Bertz CT molecular complexity index is 1240. The summed E-state index contributed by atoms with van der Waals surface area (Å²) in [6, 6.07) is 21.2. The van der Waals surface area contributed by atoms with Crippen LogP contribution in [0, 0.1) is 5.82 Å². The van der Waals surface area contributed by atoms with E-state index in [1.54, 1.807) is 24.3 Å². The Labute approximate surface area is 193 Å². The highest BCUT2D eigenvalue weighted by Gasteiger charge is 2.13. The van der Waals surface area contributed by atoms with Gasteiger partial charge in [-0.3, -0.25) is 9.59 Å². The number of carbonyl (C=O) groups excluding carboxylic acids is 2. The van der Waals surface area contributed by atoms with E-state index < -0.39 is 11.7 Å². The maximum atomic E-state index is 13.8.